The first-order chi connectivity index (χ1) is 9.83. The summed E-state index contributed by atoms with van der Waals surface area (Å²) in [5.41, 5.74) is 2.35. The number of hydrogen-bond donors (Lipinski definition) is 2. The third-order valence-corrected chi connectivity index (χ3v) is 4.58. The maximum atomic E-state index is 5.62. The molecule has 1 saturated heterocycles. The van der Waals surface area contributed by atoms with Crippen LogP contribution in [0, 0.1) is 12.8 Å². The number of hydrogen-bond acceptors (Lipinski definition) is 4. The van der Waals surface area contributed by atoms with Crippen molar-refractivity contribution >= 4 is 12.4 Å². The summed E-state index contributed by atoms with van der Waals surface area (Å²) in [4.78, 5) is 4.36. The third-order valence-electron chi connectivity index (χ3n) is 4.58. The highest BCUT2D eigenvalue weighted by atomic mass is 35.5. The molecule has 2 fully saturated rings. The number of nitrogens with one attached hydrogen (secondary N) is 2. The SMILES string of the molecule is Cc1ccc(CNC2CCCC2C2COCCN2)cn1.Cl. The second-order valence-electron chi connectivity index (χ2n) is 6.03. The number of ether oxygens (including phenoxy) is 1. The molecule has 2 heterocycles. The largest absolute Gasteiger partial charge is 0.379 e. The molecule has 0 aromatic carbocycles. The second kappa shape index (κ2) is 8.08. The lowest BCUT2D eigenvalue weighted by Crippen LogP contribution is -2.50. The van der Waals surface area contributed by atoms with Crippen LogP contribution in [0.5, 0.6) is 0 Å². The van der Waals surface area contributed by atoms with Crippen molar-refractivity contribution < 1.29 is 4.74 Å². The van der Waals surface area contributed by atoms with Crippen molar-refractivity contribution in [3.05, 3.63) is 29.6 Å². The number of morpholine rings is 1. The molecule has 3 rings (SSSR count). The van der Waals surface area contributed by atoms with Gasteiger partial charge in [0.15, 0.2) is 0 Å². The van der Waals surface area contributed by atoms with Crippen LogP contribution in [-0.4, -0.2) is 36.8 Å². The molecule has 1 aliphatic heterocycles. The molecule has 118 valence electrons. The van der Waals surface area contributed by atoms with Crippen LogP contribution in [0.3, 0.4) is 0 Å². The van der Waals surface area contributed by atoms with E-state index in [4.69, 9.17) is 4.74 Å². The smallest absolute Gasteiger partial charge is 0.0623 e. The van der Waals surface area contributed by atoms with Crippen LogP contribution in [0.1, 0.15) is 30.5 Å². The molecule has 1 aromatic rings. The van der Waals surface area contributed by atoms with Crippen molar-refractivity contribution in [2.45, 2.75) is 44.8 Å². The van der Waals surface area contributed by atoms with E-state index in [0.717, 1.165) is 32.0 Å². The number of aromatic nitrogens is 1. The van der Waals surface area contributed by atoms with E-state index >= 15 is 0 Å². The van der Waals surface area contributed by atoms with Gasteiger partial charge in [0.05, 0.1) is 13.2 Å². The quantitative estimate of drug-likeness (QED) is 0.893. The molecule has 1 aromatic heterocycles. The summed E-state index contributed by atoms with van der Waals surface area (Å²) >= 11 is 0. The second-order valence-corrected chi connectivity index (χ2v) is 6.03. The van der Waals surface area contributed by atoms with Gasteiger partial charge in [0.25, 0.3) is 0 Å². The Morgan fingerprint density at radius 2 is 2.29 bits per heavy atom. The highest BCUT2D eigenvalue weighted by molar-refractivity contribution is 5.85. The molecule has 4 nitrogen and oxygen atoms in total. The lowest BCUT2D eigenvalue weighted by molar-refractivity contribution is 0.0524. The van der Waals surface area contributed by atoms with Gasteiger partial charge in [-0.25, -0.2) is 0 Å². The molecule has 1 aliphatic carbocycles. The Morgan fingerprint density at radius 3 is 3.00 bits per heavy atom. The standard InChI is InChI=1S/C16H25N3O.ClH/c1-12-5-6-13(9-18-12)10-19-15-4-2-3-14(15)16-11-20-8-7-17-16;/h5-6,9,14-17,19H,2-4,7-8,10-11H2,1H3;1H. The Morgan fingerprint density at radius 1 is 1.38 bits per heavy atom. The van der Waals surface area contributed by atoms with Crippen LogP contribution in [0.4, 0.5) is 0 Å². The summed E-state index contributed by atoms with van der Waals surface area (Å²) < 4.78 is 5.62. The van der Waals surface area contributed by atoms with Crippen LogP contribution in [-0.2, 0) is 11.3 Å². The number of halogens is 1. The molecule has 5 heteroatoms. The maximum absolute atomic E-state index is 5.62. The first-order valence-corrected chi connectivity index (χ1v) is 7.79. The van der Waals surface area contributed by atoms with Gasteiger partial charge in [-0.2, -0.15) is 0 Å². The minimum Gasteiger partial charge on any atom is -0.379 e. The third kappa shape index (κ3) is 4.39. The van der Waals surface area contributed by atoms with Gasteiger partial charge >= 0.3 is 0 Å². The van der Waals surface area contributed by atoms with Crippen LogP contribution in [0.2, 0.25) is 0 Å². The normalized spacial score (nSPS) is 29.1. The van der Waals surface area contributed by atoms with Gasteiger partial charge in [-0.3, -0.25) is 4.98 Å². The van der Waals surface area contributed by atoms with E-state index in [0.29, 0.717) is 18.0 Å². The van der Waals surface area contributed by atoms with Gasteiger partial charge in [0.2, 0.25) is 0 Å². The van der Waals surface area contributed by atoms with E-state index in [-0.39, 0.29) is 12.4 Å². The summed E-state index contributed by atoms with van der Waals surface area (Å²) in [6, 6.07) is 5.39. The Labute approximate surface area is 133 Å². The first-order valence-electron chi connectivity index (χ1n) is 7.79. The van der Waals surface area contributed by atoms with E-state index < -0.39 is 0 Å². The highest BCUT2D eigenvalue weighted by Gasteiger charge is 2.34. The fourth-order valence-electron chi connectivity index (χ4n) is 3.44. The summed E-state index contributed by atoms with van der Waals surface area (Å²) in [6.45, 7) is 5.67. The van der Waals surface area contributed by atoms with Crippen LogP contribution in [0.15, 0.2) is 18.3 Å². The van der Waals surface area contributed by atoms with Gasteiger partial charge in [-0.15, -0.1) is 12.4 Å². The molecule has 0 bridgehead atoms. The minimum absolute atomic E-state index is 0. The minimum atomic E-state index is 0. The zero-order chi connectivity index (χ0) is 13.8. The van der Waals surface area contributed by atoms with E-state index in [1.54, 1.807) is 0 Å². The van der Waals surface area contributed by atoms with E-state index in [1.807, 2.05) is 13.1 Å². The monoisotopic (exact) mass is 311 g/mol. The maximum Gasteiger partial charge on any atom is 0.0623 e. The molecule has 3 unspecified atom stereocenters. The van der Waals surface area contributed by atoms with Crippen LogP contribution < -0.4 is 10.6 Å². The highest BCUT2D eigenvalue weighted by Crippen LogP contribution is 2.29. The number of nitrogens with zero attached hydrogens (tertiary/aromatic N) is 1. The predicted octanol–water partition coefficient (Wildman–Crippen LogP) is 2.06. The Balaban J connectivity index is 0.00000161. The van der Waals surface area contributed by atoms with Gasteiger partial charge in [0.1, 0.15) is 0 Å². The predicted molar refractivity (Wildman–Crippen MR) is 86.8 cm³/mol. The Hall–Kier alpha value is -0.680. The average Bonchev–Trinajstić information content (AvgIpc) is 2.96. The molecule has 2 N–H and O–H groups in total. The molecule has 1 saturated carbocycles. The van der Waals surface area contributed by atoms with Crippen molar-refractivity contribution in [2.24, 2.45) is 5.92 Å². The van der Waals surface area contributed by atoms with Crippen molar-refractivity contribution in [3.8, 4) is 0 Å². The van der Waals surface area contributed by atoms with Crippen molar-refractivity contribution in [2.75, 3.05) is 19.8 Å². The molecule has 3 atom stereocenters. The number of aryl methyl sites for hydroxylation is 1. The summed E-state index contributed by atoms with van der Waals surface area (Å²) in [6.07, 6.45) is 5.90. The van der Waals surface area contributed by atoms with Crippen molar-refractivity contribution in [3.63, 3.8) is 0 Å². The Kier molecular flexibility index (Phi) is 6.42. The number of rotatable bonds is 4. The Bertz CT molecular complexity index is 420. The fourth-order valence-corrected chi connectivity index (χ4v) is 3.44. The van der Waals surface area contributed by atoms with E-state index in [1.165, 1.54) is 24.8 Å². The van der Waals surface area contributed by atoms with Crippen LogP contribution >= 0.6 is 12.4 Å². The molecule has 2 aliphatic rings. The topological polar surface area (TPSA) is 46.2 Å². The molecular formula is C16H26ClN3O. The zero-order valence-electron chi connectivity index (χ0n) is 12.7. The fraction of sp³-hybridized carbons (Fsp3) is 0.688. The van der Waals surface area contributed by atoms with E-state index in [2.05, 4.69) is 27.8 Å². The molecule has 0 amide bonds. The summed E-state index contributed by atoms with van der Waals surface area (Å²) in [7, 11) is 0. The van der Waals surface area contributed by atoms with Gasteiger partial charge in [0, 0.05) is 37.1 Å². The summed E-state index contributed by atoms with van der Waals surface area (Å²) in [5, 5.41) is 7.35. The van der Waals surface area contributed by atoms with Gasteiger partial charge in [-0.1, -0.05) is 12.5 Å². The van der Waals surface area contributed by atoms with Gasteiger partial charge in [-0.05, 0) is 37.3 Å². The lowest BCUT2D eigenvalue weighted by atomic mass is 9.94. The molecule has 0 spiro atoms. The zero-order valence-corrected chi connectivity index (χ0v) is 13.5. The first kappa shape index (κ1) is 16.7. The van der Waals surface area contributed by atoms with Crippen molar-refractivity contribution in [1.82, 2.24) is 15.6 Å². The summed E-state index contributed by atoms with van der Waals surface area (Å²) in [5.74, 6) is 0.703. The van der Waals surface area contributed by atoms with Crippen molar-refractivity contribution in [1.29, 1.82) is 0 Å². The average molecular weight is 312 g/mol. The number of pyridine rings is 1. The molecule has 21 heavy (non-hydrogen) atoms. The lowest BCUT2D eigenvalue weighted by Gasteiger charge is -2.33. The van der Waals surface area contributed by atoms with Gasteiger partial charge < -0.3 is 15.4 Å². The van der Waals surface area contributed by atoms with E-state index in [9.17, 15) is 0 Å². The van der Waals surface area contributed by atoms with Crippen LogP contribution in [0.25, 0.3) is 0 Å². The molecular weight excluding hydrogens is 286 g/mol. The molecule has 0 radical (unpaired) electrons.